The van der Waals surface area contributed by atoms with Crippen LogP contribution in [0, 0.1) is 23.3 Å². The van der Waals surface area contributed by atoms with Crippen LogP contribution in [0.15, 0.2) is 0 Å². The van der Waals surface area contributed by atoms with E-state index in [9.17, 15) is 4.79 Å². The zero-order chi connectivity index (χ0) is 11.6. The molecular weight excluding hydrogens is 200 g/mol. The molecule has 0 heterocycles. The van der Waals surface area contributed by atoms with Gasteiger partial charge in [0.2, 0.25) is 0 Å². The Bertz CT molecular complexity index is 286. The fourth-order valence-corrected chi connectivity index (χ4v) is 3.77. The Hall–Kier alpha value is -0.993. The summed E-state index contributed by atoms with van der Waals surface area (Å²) in [5, 5.41) is 0. The van der Waals surface area contributed by atoms with Crippen molar-refractivity contribution >= 4 is 14.4 Å². The van der Waals surface area contributed by atoms with Crippen LogP contribution in [0.2, 0.25) is 18.1 Å². The first-order valence-corrected chi connectivity index (χ1v) is 8.30. The molecule has 0 aromatic heterocycles. The lowest BCUT2D eigenvalue weighted by molar-refractivity contribution is -0.107. The molecule has 82 valence electrons. The van der Waals surface area contributed by atoms with Gasteiger partial charge in [-0.25, -0.2) is 0 Å². The molecule has 0 saturated heterocycles. The topological polar surface area (TPSA) is 17.1 Å². The van der Waals surface area contributed by atoms with E-state index in [0.717, 1.165) is 6.29 Å². The van der Waals surface area contributed by atoms with E-state index in [-0.39, 0.29) is 0 Å². The average Bonchev–Trinajstić information content (AvgIpc) is 2.29. The second-order valence-electron chi connectivity index (χ2n) is 3.60. The van der Waals surface area contributed by atoms with Gasteiger partial charge >= 0.3 is 0 Å². The average molecular weight is 220 g/mol. The molecule has 0 aliphatic rings. The third-order valence-corrected chi connectivity index (χ3v) is 7.61. The first-order valence-electron chi connectivity index (χ1n) is 5.68. The predicted molar refractivity (Wildman–Crippen MR) is 68.0 cm³/mol. The summed E-state index contributed by atoms with van der Waals surface area (Å²) in [6.07, 6.45) is 2.05. The number of carbonyl (C=O) groups excluding carboxylic acids is 1. The molecular formula is C13H20OSi. The van der Waals surface area contributed by atoms with Crippen molar-refractivity contribution < 1.29 is 4.79 Å². The highest BCUT2D eigenvalue weighted by molar-refractivity contribution is 6.87. The minimum absolute atomic E-state index is 0.520. The highest BCUT2D eigenvalue weighted by Gasteiger charge is 2.23. The maximum atomic E-state index is 10.0. The van der Waals surface area contributed by atoms with Gasteiger partial charge in [-0.3, -0.25) is 0 Å². The summed E-state index contributed by atoms with van der Waals surface area (Å²) in [7, 11) is -1.32. The molecule has 1 nitrogen and oxygen atoms in total. The lowest BCUT2D eigenvalue weighted by Gasteiger charge is -2.19. The van der Waals surface area contributed by atoms with E-state index in [2.05, 4.69) is 44.1 Å². The van der Waals surface area contributed by atoms with Crippen molar-refractivity contribution in [2.45, 2.75) is 51.7 Å². The molecule has 2 heteroatoms. The zero-order valence-electron chi connectivity index (χ0n) is 10.0. The molecule has 0 N–H and O–H groups in total. The van der Waals surface area contributed by atoms with Gasteiger partial charge in [0.1, 0.15) is 14.4 Å². The van der Waals surface area contributed by atoms with Crippen molar-refractivity contribution in [3.8, 4) is 23.3 Å². The van der Waals surface area contributed by atoms with Crippen LogP contribution in [0.25, 0.3) is 0 Å². The third-order valence-electron chi connectivity index (χ3n) is 2.90. The van der Waals surface area contributed by atoms with Crippen molar-refractivity contribution in [2.75, 3.05) is 0 Å². The minimum Gasteiger partial charge on any atom is -0.303 e. The Morgan fingerprint density at radius 1 is 1.07 bits per heavy atom. The summed E-state index contributed by atoms with van der Waals surface area (Å²) in [6, 6.07) is 3.63. The number of carbonyl (C=O) groups is 1. The molecule has 0 aliphatic heterocycles. The SMILES string of the molecule is CC[Si](C#CC#CCCC=O)(CC)CC. The maximum absolute atomic E-state index is 10.0. The highest BCUT2D eigenvalue weighted by Crippen LogP contribution is 2.18. The Morgan fingerprint density at radius 3 is 2.13 bits per heavy atom. The van der Waals surface area contributed by atoms with Crippen LogP contribution in [-0.4, -0.2) is 14.4 Å². The fourth-order valence-electron chi connectivity index (χ4n) is 1.42. The van der Waals surface area contributed by atoms with Gasteiger partial charge in [-0.05, 0) is 30.0 Å². The van der Waals surface area contributed by atoms with Gasteiger partial charge in [0, 0.05) is 12.8 Å². The normalized spacial score (nSPS) is 9.53. The highest BCUT2D eigenvalue weighted by atomic mass is 28.3. The zero-order valence-corrected chi connectivity index (χ0v) is 11.0. The van der Waals surface area contributed by atoms with E-state index >= 15 is 0 Å². The first kappa shape index (κ1) is 14.0. The minimum atomic E-state index is -1.32. The monoisotopic (exact) mass is 220 g/mol. The number of rotatable bonds is 5. The summed E-state index contributed by atoms with van der Waals surface area (Å²) in [4.78, 5) is 10.0. The first-order chi connectivity index (χ1) is 7.24. The third kappa shape index (κ3) is 5.45. The summed E-state index contributed by atoms with van der Waals surface area (Å²) < 4.78 is 0. The van der Waals surface area contributed by atoms with Crippen LogP contribution in [0.5, 0.6) is 0 Å². The van der Waals surface area contributed by atoms with Gasteiger partial charge in [0.05, 0.1) is 0 Å². The number of hydrogen-bond acceptors (Lipinski definition) is 1. The summed E-state index contributed by atoms with van der Waals surface area (Å²) in [6.45, 7) is 6.69. The standard InChI is InChI=1S/C13H20OSi/c1-4-15(5-2,6-3)13-11-9-7-8-10-12-14/h12H,4-6,8,10H2,1-3H3. The number of hydrogen-bond donors (Lipinski definition) is 0. The molecule has 0 spiro atoms. The molecule has 0 amide bonds. The summed E-state index contributed by atoms with van der Waals surface area (Å²) in [5.41, 5.74) is 3.39. The van der Waals surface area contributed by atoms with Gasteiger partial charge in [0.15, 0.2) is 0 Å². The predicted octanol–water partition coefficient (Wildman–Crippen LogP) is 3.02. The van der Waals surface area contributed by atoms with Crippen molar-refractivity contribution in [3.63, 3.8) is 0 Å². The second-order valence-corrected chi connectivity index (χ2v) is 8.53. The lowest BCUT2D eigenvalue weighted by Crippen LogP contribution is -2.29. The Balaban J connectivity index is 4.32. The Labute approximate surface area is 94.7 Å². The van der Waals surface area contributed by atoms with E-state index in [0.29, 0.717) is 12.8 Å². The van der Waals surface area contributed by atoms with Crippen LogP contribution in [-0.2, 0) is 4.79 Å². The van der Waals surface area contributed by atoms with Gasteiger partial charge in [-0.1, -0.05) is 26.7 Å². The lowest BCUT2D eigenvalue weighted by atomic mass is 10.3. The van der Waals surface area contributed by atoms with Gasteiger partial charge in [-0.2, -0.15) is 0 Å². The summed E-state index contributed by atoms with van der Waals surface area (Å²) >= 11 is 0. The molecule has 0 rings (SSSR count). The van der Waals surface area contributed by atoms with E-state index in [1.54, 1.807) is 0 Å². The molecule has 0 radical (unpaired) electrons. The largest absolute Gasteiger partial charge is 0.303 e. The van der Waals surface area contributed by atoms with Crippen molar-refractivity contribution in [3.05, 3.63) is 0 Å². The van der Waals surface area contributed by atoms with E-state index < -0.39 is 8.07 Å². The molecule has 0 aliphatic carbocycles. The molecule has 0 aromatic rings. The van der Waals surface area contributed by atoms with Gasteiger partial charge < -0.3 is 4.79 Å². The molecule has 0 aromatic carbocycles. The molecule has 0 unspecified atom stereocenters. The van der Waals surface area contributed by atoms with Crippen LogP contribution in [0.1, 0.15) is 33.6 Å². The fraction of sp³-hybridized carbons (Fsp3) is 0.615. The smallest absolute Gasteiger partial charge is 0.139 e. The molecule has 0 atom stereocenters. The van der Waals surface area contributed by atoms with Crippen LogP contribution in [0.4, 0.5) is 0 Å². The van der Waals surface area contributed by atoms with Crippen molar-refractivity contribution in [2.24, 2.45) is 0 Å². The van der Waals surface area contributed by atoms with Crippen LogP contribution < -0.4 is 0 Å². The molecule has 15 heavy (non-hydrogen) atoms. The summed E-state index contributed by atoms with van der Waals surface area (Å²) in [5.74, 6) is 8.71. The number of aldehydes is 1. The van der Waals surface area contributed by atoms with Crippen LogP contribution >= 0.6 is 0 Å². The van der Waals surface area contributed by atoms with Gasteiger partial charge in [-0.15, -0.1) is 5.54 Å². The number of unbranched alkanes of at least 4 members (excludes halogenated alkanes) is 1. The van der Waals surface area contributed by atoms with Crippen molar-refractivity contribution in [1.29, 1.82) is 0 Å². The maximum Gasteiger partial charge on any atom is 0.139 e. The quantitative estimate of drug-likeness (QED) is 0.301. The van der Waals surface area contributed by atoms with Crippen molar-refractivity contribution in [1.82, 2.24) is 0 Å². The van der Waals surface area contributed by atoms with Crippen LogP contribution in [0.3, 0.4) is 0 Å². The molecule has 0 fully saturated rings. The Kier molecular flexibility index (Phi) is 7.78. The molecule has 0 bridgehead atoms. The van der Waals surface area contributed by atoms with E-state index in [4.69, 9.17) is 0 Å². The van der Waals surface area contributed by atoms with E-state index in [1.165, 1.54) is 18.1 Å². The molecule has 0 saturated carbocycles. The second kappa shape index (κ2) is 8.33. The van der Waals surface area contributed by atoms with Gasteiger partial charge in [0.25, 0.3) is 0 Å². The Morgan fingerprint density at radius 2 is 1.67 bits per heavy atom. The van der Waals surface area contributed by atoms with E-state index in [1.807, 2.05) is 0 Å².